The smallest absolute Gasteiger partial charge is 0.261 e. The van der Waals surface area contributed by atoms with Gasteiger partial charge in [-0.25, -0.2) is 4.39 Å². The Morgan fingerprint density at radius 1 is 1.12 bits per heavy atom. The van der Waals surface area contributed by atoms with Gasteiger partial charge in [-0.15, -0.1) is 0 Å². The fourth-order valence-electron chi connectivity index (χ4n) is 2.33. The molecule has 0 aliphatic heterocycles. The SMILES string of the molecule is CNC(=O)C(C)N(Cc1ccccc1)C(=O)COc1ccc(F)cc1. The highest BCUT2D eigenvalue weighted by Crippen LogP contribution is 2.13. The Hall–Kier alpha value is -2.89. The van der Waals surface area contributed by atoms with Gasteiger partial charge < -0.3 is 15.0 Å². The number of carbonyl (C=O) groups is 2. The van der Waals surface area contributed by atoms with Crippen LogP contribution in [0.15, 0.2) is 54.6 Å². The molecule has 6 heteroatoms. The maximum absolute atomic E-state index is 12.9. The number of hydrogen-bond donors (Lipinski definition) is 1. The van der Waals surface area contributed by atoms with Gasteiger partial charge in [-0.05, 0) is 36.8 Å². The molecule has 0 spiro atoms. The third-order valence-electron chi connectivity index (χ3n) is 3.79. The summed E-state index contributed by atoms with van der Waals surface area (Å²) >= 11 is 0. The van der Waals surface area contributed by atoms with Crippen molar-refractivity contribution < 1.29 is 18.7 Å². The molecule has 2 aromatic rings. The van der Waals surface area contributed by atoms with E-state index >= 15 is 0 Å². The molecule has 1 unspecified atom stereocenters. The first-order valence-electron chi connectivity index (χ1n) is 7.94. The molecule has 0 aromatic heterocycles. The molecule has 2 aromatic carbocycles. The third kappa shape index (κ3) is 5.31. The Morgan fingerprint density at radius 2 is 1.76 bits per heavy atom. The molecule has 1 N–H and O–H groups in total. The second kappa shape index (κ2) is 8.82. The van der Waals surface area contributed by atoms with E-state index < -0.39 is 6.04 Å². The van der Waals surface area contributed by atoms with Crippen LogP contribution in [0.3, 0.4) is 0 Å². The lowest BCUT2D eigenvalue weighted by Crippen LogP contribution is -2.48. The van der Waals surface area contributed by atoms with Crippen LogP contribution < -0.4 is 10.1 Å². The van der Waals surface area contributed by atoms with Crippen molar-refractivity contribution in [3.63, 3.8) is 0 Å². The van der Waals surface area contributed by atoms with E-state index in [4.69, 9.17) is 4.74 Å². The zero-order valence-corrected chi connectivity index (χ0v) is 14.2. The van der Waals surface area contributed by atoms with Crippen LogP contribution in [0.2, 0.25) is 0 Å². The molecule has 0 saturated heterocycles. The molecule has 25 heavy (non-hydrogen) atoms. The number of rotatable bonds is 7. The van der Waals surface area contributed by atoms with Gasteiger partial charge in [0, 0.05) is 13.6 Å². The van der Waals surface area contributed by atoms with Gasteiger partial charge in [-0.3, -0.25) is 9.59 Å². The average molecular weight is 344 g/mol. The van der Waals surface area contributed by atoms with E-state index in [-0.39, 0.29) is 24.2 Å². The molecule has 0 bridgehead atoms. The van der Waals surface area contributed by atoms with Crippen molar-refractivity contribution in [2.45, 2.75) is 19.5 Å². The van der Waals surface area contributed by atoms with E-state index in [0.717, 1.165) is 5.56 Å². The Labute approximate surface area is 146 Å². The topological polar surface area (TPSA) is 58.6 Å². The minimum Gasteiger partial charge on any atom is -0.484 e. The van der Waals surface area contributed by atoms with Crippen molar-refractivity contribution in [2.24, 2.45) is 0 Å². The zero-order valence-electron chi connectivity index (χ0n) is 14.2. The van der Waals surface area contributed by atoms with Crippen LogP contribution >= 0.6 is 0 Å². The highest BCUT2D eigenvalue weighted by atomic mass is 19.1. The predicted octanol–water partition coefficient (Wildman–Crippen LogP) is 2.37. The van der Waals surface area contributed by atoms with Gasteiger partial charge >= 0.3 is 0 Å². The van der Waals surface area contributed by atoms with Crippen LogP contribution in [-0.4, -0.2) is 36.4 Å². The van der Waals surface area contributed by atoms with Crippen molar-refractivity contribution in [1.29, 1.82) is 0 Å². The van der Waals surface area contributed by atoms with Crippen LogP contribution in [-0.2, 0) is 16.1 Å². The number of likely N-dealkylation sites (N-methyl/N-ethyl adjacent to an activating group) is 1. The van der Waals surface area contributed by atoms with Gasteiger partial charge in [0.1, 0.15) is 17.6 Å². The maximum Gasteiger partial charge on any atom is 0.261 e. The second-order valence-corrected chi connectivity index (χ2v) is 5.54. The monoisotopic (exact) mass is 344 g/mol. The van der Waals surface area contributed by atoms with E-state index in [2.05, 4.69) is 5.32 Å². The number of nitrogens with one attached hydrogen (secondary N) is 1. The molecule has 0 aliphatic carbocycles. The van der Waals surface area contributed by atoms with Crippen LogP contribution in [0, 0.1) is 5.82 Å². The highest BCUT2D eigenvalue weighted by molar-refractivity contribution is 5.87. The molecule has 2 rings (SSSR count). The maximum atomic E-state index is 12.9. The van der Waals surface area contributed by atoms with E-state index in [1.54, 1.807) is 6.92 Å². The first-order valence-corrected chi connectivity index (χ1v) is 7.94. The largest absolute Gasteiger partial charge is 0.484 e. The number of carbonyl (C=O) groups excluding carboxylic acids is 2. The molecular formula is C19H21FN2O3. The molecule has 132 valence electrons. The molecule has 0 radical (unpaired) electrons. The predicted molar refractivity (Wildman–Crippen MR) is 92.4 cm³/mol. The molecule has 0 saturated carbocycles. The number of hydrogen-bond acceptors (Lipinski definition) is 3. The summed E-state index contributed by atoms with van der Waals surface area (Å²) in [6, 6.07) is 14.2. The van der Waals surface area contributed by atoms with Crippen molar-refractivity contribution in [3.8, 4) is 5.75 Å². The van der Waals surface area contributed by atoms with E-state index in [1.807, 2.05) is 30.3 Å². The summed E-state index contributed by atoms with van der Waals surface area (Å²) in [6.45, 7) is 1.72. The second-order valence-electron chi connectivity index (χ2n) is 5.54. The first kappa shape index (κ1) is 18.4. The van der Waals surface area contributed by atoms with Gasteiger partial charge in [0.15, 0.2) is 6.61 Å². The van der Waals surface area contributed by atoms with Gasteiger partial charge in [-0.1, -0.05) is 30.3 Å². The Morgan fingerprint density at radius 3 is 2.36 bits per heavy atom. The summed E-state index contributed by atoms with van der Waals surface area (Å²) in [7, 11) is 1.53. The number of halogens is 1. The van der Waals surface area contributed by atoms with Crippen LogP contribution in [0.5, 0.6) is 5.75 Å². The summed E-state index contributed by atoms with van der Waals surface area (Å²) in [6.07, 6.45) is 0. The van der Waals surface area contributed by atoms with Gasteiger partial charge in [0.05, 0.1) is 0 Å². The lowest BCUT2D eigenvalue weighted by Gasteiger charge is -2.28. The van der Waals surface area contributed by atoms with Gasteiger partial charge in [0.2, 0.25) is 5.91 Å². The van der Waals surface area contributed by atoms with Crippen LogP contribution in [0.25, 0.3) is 0 Å². The molecule has 0 heterocycles. The van der Waals surface area contributed by atoms with Gasteiger partial charge in [0.25, 0.3) is 5.91 Å². The Balaban J connectivity index is 2.08. The van der Waals surface area contributed by atoms with E-state index in [0.29, 0.717) is 12.3 Å². The fraction of sp³-hybridized carbons (Fsp3) is 0.263. The molecule has 0 aliphatic rings. The normalized spacial score (nSPS) is 11.5. The summed E-state index contributed by atoms with van der Waals surface area (Å²) < 4.78 is 18.3. The van der Waals surface area contributed by atoms with E-state index in [9.17, 15) is 14.0 Å². The molecule has 2 amide bonds. The minimum atomic E-state index is -0.644. The van der Waals surface area contributed by atoms with Crippen LogP contribution in [0.1, 0.15) is 12.5 Å². The number of amides is 2. The molecule has 1 atom stereocenters. The standard InChI is InChI=1S/C19H21FN2O3/c1-14(19(24)21-2)22(12-15-6-4-3-5-7-15)18(23)13-25-17-10-8-16(20)9-11-17/h3-11,14H,12-13H2,1-2H3,(H,21,24). The van der Waals surface area contributed by atoms with Crippen LogP contribution in [0.4, 0.5) is 4.39 Å². The number of nitrogens with zero attached hydrogens (tertiary/aromatic N) is 1. The highest BCUT2D eigenvalue weighted by Gasteiger charge is 2.25. The summed E-state index contributed by atoms with van der Waals surface area (Å²) in [5.41, 5.74) is 0.911. The van der Waals surface area contributed by atoms with E-state index in [1.165, 1.54) is 36.2 Å². The number of benzene rings is 2. The zero-order chi connectivity index (χ0) is 18.2. The summed E-state index contributed by atoms with van der Waals surface area (Å²) in [4.78, 5) is 26.0. The molecule has 0 fully saturated rings. The lowest BCUT2D eigenvalue weighted by molar-refractivity contribution is -0.142. The van der Waals surface area contributed by atoms with Crippen molar-refractivity contribution in [1.82, 2.24) is 10.2 Å². The Kier molecular flexibility index (Phi) is 6.51. The van der Waals surface area contributed by atoms with Crippen molar-refractivity contribution in [3.05, 3.63) is 66.0 Å². The van der Waals surface area contributed by atoms with Gasteiger partial charge in [-0.2, -0.15) is 0 Å². The van der Waals surface area contributed by atoms with Crippen molar-refractivity contribution >= 4 is 11.8 Å². The minimum absolute atomic E-state index is 0.236. The number of ether oxygens (including phenoxy) is 1. The first-order chi connectivity index (χ1) is 12.0. The van der Waals surface area contributed by atoms with Crippen molar-refractivity contribution in [2.75, 3.05) is 13.7 Å². The lowest BCUT2D eigenvalue weighted by atomic mass is 10.1. The summed E-state index contributed by atoms with van der Waals surface area (Å²) in [5.74, 6) is -0.574. The third-order valence-corrected chi connectivity index (χ3v) is 3.79. The Bertz CT molecular complexity index is 704. The quantitative estimate of drug-likeness (QED) is 0.839. The molecule has 5 nitrogen and oxygen atoms in total. The summed E-state index contributed by atoms with van der Waals surface area (Å²) in [5, 5.41) is 2.55. The average Bonchev–Trinajstić information content (AvgIpc) is 2.65. The molecular weight excluding hydrogens is 323 g/mol. The fourth-order valence-corrected chi connectivity index (χ4v) is 2.33.